The minimum atomic E-state index is 0.618. The van der Waals surface area contributed by atoms with Crippen molar-refractivity contribution in [2.24, 2.45) is 0 Å². The first-order chi connectivity index (χ1) is 9.22. The lowest BCUT2D eigenvalue weighted by atomic mass is 10.1. The predicted octanol–water partition coefficient (Wildman–Crippen LogP) is 2.74. The summed E-state index contributed by atoms with van der Waals surface area (Å²) in [6.07, 6.45) is 3.92. The average molecular weight is 261 g/mol. The van der Waals surface area contributed by atoms with Crippen molar-refractivity contribution in [3.63, 3.8) is 0 Å². The zero-order valence-corrected chi connectivity index (χ0v) is 12.5. The Kier molecular flexibility index (Phi) is 5.34. The van der Waals surface area contributed by atoms with E-state index in [1.807, 2.05) is 0 Å². The highest BCUT2D eigenvalue weighted by Crippen LogP contribution is 2.19. The topological polar surface area (TPSA) is 28.2 Å². The minimum Gasteiger partial charge on any atom is -0.312 e. The van der Waals surface area contributed by atoms with E-state index in [1.54, 1.807) is 0 Å². The minimum absolute atomic E-state index is 0.618. The molecule has 0 spiro atoms. The van der Waals surface area contributed by atoms with E-state index in [1.165, 1.54) is 25.0 Å². The van der Waals surface area contributed by atoms with E-state index in [0.29, 0.717) is 6.04 Å². The molecular weight excluding hydrogens is 234 g/mol. The van der Waals surface area contributed by atoms with Crippen LogP contribution < -0.4 is 5.32 Å². The van der Waals surface area contributed by atoms with Gasteiger partial charge in [-0.1, -0.05) is 19.9 Å². The fourth-order valence-corrected chi connectivity index (χ4v) is 2.52. The third-order valence-electron chi connectivity index (χ3n) is 3.92. The van der Waals surface area contributed by atoms with Crippen molar-refractivity contribution in [3.8, 4) is 0 Å². The number of hydrogen-bond donors (Lipinski definition) is 1. The van der Waals surface area contributed by atoms with Crippen molar-refractivity contribution in [1.29, 1.82) is 0 Å². The fourth-order valence-electron chi connectivity index (χ4n) is 2.52. The van der Waals surface area contributed by atoms with Gasteiger partial charge in [0.05, 0.1) is 5.69 Å². The predicted molar refractivity (Wildman–Crippen MR) is 80.2 cm³/mol. The Morgan fingerprint density at radius 1 is 1.37 bits per heavy atom. The summed E-state index contributed by atoms with van der Waals surface area (Å²) in [5, 5.41) is 3.66. The number of likely N-dealkylation sites (N-methyl/N-ethyl adjacent to an activating group) is 1. The van der Waals surface area contributed by atoms with Crippen LogP contribution in [0.25, 0.3) is 0 Å². The molecule has 0 amide bonds. The van der Waals surface area contributed by atoms with Crippen LogP contribution >= 0.6 is 0 Å². The number of nitrogens with one attached hydrogen (secondary N) is 1. The summed E-state index contributed by atoms with van der Waals surface area (Å²) in [4.78, 5) is 7.16. The molecule has 1 saturated carbocycles. The van der Waals surface area contributed by atoms with Gasteiger partial charge in [0.2, 0.25) is 0 Å². The molecule has 3 nitrogen and oxygen atoms in total. The molecule has 1 aliphatic carbocycles. The lowest BCUT2D eigenvalue weighted by molar-refractivity contribution is 0.185. The van der Waals surface area contributed by atoms with Gasteiger partial charge in [-0.05, 0) is 44.9 Å². The molecule has 1 aliphatic rings. The molecule has 106 valence electrons. The van der Waals surface area contributed by atoms with Gasteiger partial charge in [-0.2, -0.15) is 0 Å². The van der Waals surface area contributed by atoms with Crippen LogP contribution in [0.1, 0.15) is 44.5 Å². The average Bonchev–Trinajstić information content (AvgIpc) is 3.22. The Bertz CT molecular complexity index is 387. The van der Waals surface area contributed by atoms with E-state index in [9.17, 15) is 0 Å². The molecule has 0 radical (unpaired) electrons. The van der Waals surface area contributed by atoms with Gasteiger partial charge in [-0.15, -0.1) is 0 Å². The third kappa shape index (κ3) is 4.59. The van der Waals surface area contributed by atoms with Crippen molar-refractivity contribution >= 4 is 0 Å². The third-order valence-corrected chi connectivity index (χ3v) is 3.92. The van der Waals surface area contributed by atoms with E-state index < -0.39 is 0 Å². The smallest absolute Gasteiger partial charge is 0.0547 e. The molecule has 1 heterocycles. The van der Waals surface area contributed by atoms with Crippen LogP contribution in [0.15, 0.2) is 18.2 Å². The molecule has 3 heteroatoms. The fraction of sp³-hybridized carbons (Fsp3) is 0.688. The van der Waals surface area contributed by atoms with Crippen LogP contribution in [-0.2, 0) is 6.54 Å². The van der Waals surface area contributed by atoms with Gasteiger partial charge in [-0.25, -0.2) is 0 Å². The van der Waals surface area contributed by atoms with Crippen molar-refractivity contribution in [1.82, 2.24) is 15.2 Å². The second-order valence-electron chi connectivity index (χ2n) is 5.58. The zero-order chi connectivity index (χ0) is 13.7. The van der Waals surface area contributed by atoms with Crippen molar-refractivity contribution in [3.05, 3.63) is 29.6 Å². The van der Waals surface area contributed by atoms with E-state index in [4.69, 9.17) is 0 Å². The molecule has 1 fully saturated rings. The van der Waals surface area contributed by atoms with Gasteiger partial charge in [0.15, 0.2) is 0 Å². The molecule has 0 aliphatic heterocycles. The number of rotatable bonds is 8. The molecular formula is C16H27N3. The Morgan fingerprint density at radius 3 is 2.74 bits per heavy atom. The number of aromatic nitrogens is 1. The molecule has 0 saturated heterocycles. The Balaban J connectivity index is 1.92. The SMILES string of the molecule is CCC(CNC1CC1)N(CC)Cc1cccc(C)n1. The molecule has 1 atom stereocenters. The largest absolute Gasteiger partial charge is 0.312 e. The molecule has 0 bridgehead atoms. The van der Waals surface area contributed by atoms with Crippen LogP contribution in [-0.4, -0.2) is 35.1 Å². The second kappa shape index (κ2) is 7.01. The highest BCUT2D eigenvalue weighted by molar-refractivity contribution is 5.10. The van der Waals surface area contributed by atoms with Crippen molar-refractivity contribution in [2.45, 2.75) is 58.7 Å². The zero-order valence-electron chi connectivity index (χ0n) is 12.5. The van der Waals surface area contributed by atoms with Gasteiger partial charge in [-0.3, -0.25) is 9.88 Å². The van der Waals surface area contributed by atoms with Crippen LogP contribution in [0.3, 0.4) is 0 Å². The second-order valence-corrected chi connectivity index (χ2v) is 5.58. The number of nitrogens with zero attached hydrogens (tertiary/aromatic N) is 2. The van der Waals surface area contributed by atoms with Crippen molar-refractivity contribution < 1.29 is 0 Å². The van der Waals surface area contributed by atoms with E-state index in [-0.39, 0.29) is 0 Å². The van der Waals surface area contributed by atoms with Crippen LogP contribution in [0.5, 0.6) is 0 Å². The first-order valence-electron chi connectivity index (χ1n) is 7.62. The quantitative estimate of drug-likeness (QED) is 0.780. The first kappa shape index (κ1) is 14.5. The normalized spacial score (nSPS) is 16.8. The van der Waals surface area contributed by atoms with E-state index in [2.05, 4.69) is 54.2 Å². The number of pyridine rings is 1. The highest BCUT2D eigenvalue weighted by Gasteiger charge is 2.23. The maximum Gasteiger partial charge on any atom is 0.0547 e. The number of aryl methyl sites for hydroxylation is 1. The summed E-state index contributed by atoms with van der Waals surface area (Å²) in [5.41, 5.74) is 2.30. The van der Waals surface area contributed by atoms with Crippen LogP contribution in [0.4, 0.5) is 0 Å². The Morgan fingerprint density at radius 2 is 2.16 bits per heavy atom. The van der Waals surface area contributed by atoms with Crippen LogP contribution in [0.2, 0.25) is 0 Å². The summed E-state index contributed by atoms with van der Waals surface area (Å²) in [7, 11) is 0. The lowest BCUT2D eigenvalue weighted by Gasteiger charge is -2.30. The van der Waals surface area contributed by atoms with Gasteiger partial charge in [0, 0.05) is 30.9 Å². The van der Waals surface area contributed by atoms with Gasteiger partial charge in [0.1, 0.15) is 0 Å². The van der Waals surface area contributed by atoms with E-state index >= 15 is 0 Å². The molecule has 1 aromatic heterocycles. The Labute approximate surface area is 117 Å². The highest BCUT2D eigenvalue weighted by atomic mass is 15.2. The molecule has 2 rings (SSSR count). The summed E-state index contributed by atoms with van der Waals surface area (Å²) in [6.45, 7) is 9.75. The summed E-state index contributed by atoms with van der Waals surface area (Å²) in [6, 6.07) is 7.72. The summed E-state index contributed by atoms with van der Waals surface area (Å²) in [5.74, 6) is 0. The molecule has 0 aromatic carbocycles. The molecule has 1 N–H and O–H groups in total. The standard InChI is InChI=1S/C16H27N3/c1-4-16(11-17-14-9-10-14)19(5-2)12-15-8-6-7-13(3)18-15/h6-8,14,16-17H,4-5,9-12H2,1-3H3. The van der Waals surface area contributed by atoms with E-state index in [0.717, 1.165) is 31.4 Å². The van der Waals surface area contributed by atoms with Crippen molar-refractivity contribution in [2.75, 3.05) is 13.1 Å². The summed E-state index contributed by atoms with van der Waals surface area (Å²) >= 11 is 0. The maximum absolute atomic E-state index is 4.62. The molecule has 1 unspecified atom stereocenters. The number of hydrogen-bond acceptors (Lipinski definition) is 3. The molecule has 19 heavy (non-hydrogen) atoms. The summed E-state index contributed by atoms with van der Waals surface area (Å²) < 4.78 is 0. The Hall–Kier alpha value is -0.930. The lowest BCUT2D eigenvalue weighted by Crippen LogP contribution is -2.42. The van der Waals surface area contributed by atoms with Gasteiger partial charge >= 0.3 is 0 Å². The van der Waals surface area contributed by atoms with Gasteiger partial charge in [0.25, 0.3) is 0 Å². The maximum atomic E-state index is 4.62. The van der Waals surface area contributed by atoms with Crippen LogP contribution in [0, 0.1) is 6.92 Å². The first-order valence-corrected chi connectivity index (χ1v) is 7.62. The molecule has 1 aromatic rings. The monoisotopic (exact) mass is 261 g/mol. The van der Waals surface area contributed by atoms with Gasteiger partial charge < -0.3 is 5.32 Å².